The summed E-state index contributed by atoms with van der Waals surface area (Å²) in [5.41, 5.74) is 5.22. The summed E-state index contributed by atoms with van der Waals surface area (Å²) in [5.74, 6) is -2.38. The molecule has 1 heterocycles. The van der Waals surface area contributed by atoms with E-state index in [1.165, 1.54) is 17.7 Å². The molecule has 1 N–H and O–H groups in total. The summed E-state index contributed by atoms with van der Waals surface area (Å²) in [5, 5.41) is 14.1. The number of nitrogens with zero attached hydrogens (tertiary/aromatic N) is 3. The number of sulfonamides is 1. The lowest BCUT2D eigenvalue weighted by Crippen LogP contribution is -2.38. The maximum atomic E-state index is 13.8. The molecule has 10 heteroatoms. The molecule has 0 aliphatic heterocycles. The lowest BCUT2D eigenvalue weighted by atomic mass is 9.80. The molecule has 2 aromatic carbocycles. The lowest BCUT2D eigenvalue weighted by Gasteiger charge is -2.30. The van der Waals surface area contributed by atoms with E-state index in [9.17, 15) is 26.7 Å². The number of aliphatic hydroxyl groups excluding tert-OH is 1. The molecule has 0 radical (unpaired) electrons. The highest BCUT2D eigenvalue weighted by atomic mass is 32.2. The van der Waals surface area contributed by atoms with Crippen LogP contribution in [0.15, 0.2) is 64.7 Å². The number of fused-ring (bicyclic) bond motifs is 1. The normalized spacial score (nSPS) is 19.6. The van der Waals surface area contributed by atoms with Crippen LogP contribution in [0.3, 0.4) is 0 Å². The van der Waals surface area contributed by atoms with Crippen molar-refractivity contribution >= 4 is 10.0 Å². The number of allylic oxidation sites excluding steroid dienone is 1. The number of aromatic nitrogens is 2. The van der Waals surface area contributed by atoms with Crippen LogP contribution in [0, 0.1) is 23.4 Å². The molecular formula is C26H26F3N3O3S. The van der Waals surface area contributed by atoms with E-state index in [1.54, 1.807) is 18.3 Å². The summed E-state index contributed by atoms with van der Waals surface area (Å²) in [6.07, 6.45) is 3.99. The zero-order valence-corrected chi connectivity index (χ0v) is 20.5. The third kappa shape index (κ3) is 4.38. The molecule has 2 atom stereocenters. The Balaban J connectivity index is 1.43. The highest BCUT2D eigenvalue weighted by Gasteiger charge is 2.38. The molecule has 0 saturated carbocycles. The van der Waals surface area contributed by atoms with Crippen LogP contribution in [0.5, 0.6) is 0 Å². The molecule has 6 nitrogen and oxygen atoms in total. The lowest BCUT2D eigenvalue weighted by molar-refractivity contribution is 0.243. The van der Waals surface area contributed by atoms with Gasteiger partial charge in [-0.25, -0.2) is 26.3 Å². The van der Waals surface area contributed by atoms with Crippen LogP contribution >= 0.6 is 0 Å². The predicted molar refractivity (Wildman–Crippen MR) is 128 cm³/mol. The Bertz CT molecular complexity index is 1410. The Kier molecular flexibility index (Phi) is 6.52. The fourth-order valence-corrected chi connectivity index (χ4v) is 7.09. The van der Waals surface area contributed by atoms with Gasteiger partial charge in [-0.1, -0.05) is 18.1 Å². The van der Waals surface area contributed by atoms with Crippen molar-refractivity contribution in [2.24, 2.45) is 5.92 Å². The molecule has 190 valence electrons. The third-order valence-electron chi connectivity index (χ3n) is 7.18. The monoisotopic (exact) mass is 517 g/mol. The van der Waals surface area contributed by atoms with Crippen LogP contribution in [0.2, 0.25) is 0 Å². The Labute approximate surface area is 207 Å². The van der Waals surface area contributed by atoms with E-state index in [2.05, 4.69) is 12.0 Å². The summed E-state index contributed by atoms with van der Waals surface area (Å²) in [7, 11) is -4.22. The van der Waals surface area contributed by atoms with Crippen LogP contribution in [0.25, 0.3) is 5.69 Å². The van der Waals surface area contributed by atoms with E-state index in [4.69, 9.17) is 0 Å². The average molecular weight is 518 g/mol. The zero-order valence-electron chi connectivity index (χ0n) is 19.7. The SMILES string of the molecule is C[C@@H]1C2=C(CC[C@@H]2CN(CCO)S(=O)(=O)c2cc(F)cc(F)c2)Cc2c1cnn2-c1ccc(F)cc1. The van der Waals surface area contributed by atoms with Crippen molar-refractivity contribution in [3.8, 4) is 5.69 Å². The van der Waals surface area contributed by atoms with Gasteiger partial charge in [0.15, 0.2) is 0 Å². The van der Waals surface area contributed by atoms with Crippen LogP contribution in [-0.2, 0) is 16.4 Å². The summed E-state index contributed by atoms with van der Waals surface area (Å²) in [4.78, 5) is -0.472. The summed E-state index contributed by atoms with van der Waals surface area (Å²) < 4.78 is 70.4. The predicted octanol–water partition coefficient (Wildman–Crippen LogP) is 4.34. The van der Waals surface area contributed by atoms with Crippen molar-refractivity contribution in [2.75, 3.05) is 19.7 Å². The first-order valence-electron chi connectivity index (χ1n) is 11.8. The second-order valence-electron chi connectivity index (χ2n) is 9.32. The molecule has 0 saturated heterocycles. The largest absolute Gasteiger partial charge is 0.395 e. The minimum absolute atomic E-state index is 0.00394. The molecule has 0 unspecified atom stereocenters. The van der Waals surface area contributed by atoms with Gasteiger partial charge in [-0.3, -0.25) is 0 Å². The first-order chi connectivity index (χ1) is 17.2. The molecule has 36 heavy (non-hydrogen) atoms. The van der Waals surface area contributed by atoms with Gasteiger partial charge >= 0.3 is 0 Å². The molecule has 0 bridgehead atoms. The van der Waals surface area contributed by atoms with Gasteiger partial charge in [-0.2, -0.15) is 9.40 Å². The van der Waals surface area contributed by atoms with E-state index < -0.39 is 33.2 Å². The van der Waals surface area contributed by atoms with Crippen LogP contribution in [0.1, 0.15) is 36.9 Å². The fraction of sp³-hybridized carbons (Fsp3) is 0.346. The van der Waals surface area contributed by atoms with Crippen molar-refractivity contribution < 1.29 is 26.7 Å². The van der Waals surface area contributed by atoms with Crippen LogP contribution in [0.4, 0.5) is 13.2 Å². The summed E-state index contributed by atoms with van der Waals surface area (Å²) in [6, 6.07) is 8.36. The Hall–Kier alpha value is -2.95. The van der Waals surface area contributed by atoms with Gasteiger partial charge in [-0.05, 0) is 55.2 Å². The van der Waals surface area contributed by atoms with Gasteiger partial charge in [-0.15, -0.1) is 0 Å². The molecule has 5 rings (SSSR count). The molecule has 0 spiro atoms. The van der Waals surface area contributed by atoms with Crippen LogP contribution < -0.4 is 0 Å². The highest BCUT2D eigenvalue weighted by Crippen LogP contribution is 2.47. The average Bonchev–Trinajstić information content (AvgIpc) is 3.44. The van der Waals surface area contributed by atoms with E-state index in [0.717, 1.165) is 51.8 Å². The number of aliphatic hydroxyl groups is 1. The highest BCUT2D eigenvalue weighted by molar-refractivity contribution is 7.89. The molecule has 1 aromatic heterocycles. The van der Waals surface area contributed by atoms with Crippen molar-refractivity contribution in [3.63, 3.8) is 0 Å². The first kappa shape index (κ1) is 24.7. The standard InChI is InChI=1S/C26H26F3N3O3S/c1-16-24-14-30-32(22-6-4-19(27)5-7-22)25(24)10-17-2-3-18(26(16)17)15-31(8-9-33)36(34,35)23-12-20(28)11-21(29)13-23/h4-7,11-14,16,18,33H,2-3,8-10,15H2,1H3/t16-,18+/m0/s1. The smallest absolute Gasteiger partial charge is 0.243 e. The van der Waals surface area contributed by atoms with E-state index in [0.29, 0.717) is 12.5 Å². The Morgan fingerprint density at radius 1 is 1.08 bits per heavy atom. The molecular weight excluding hydrogens is 491 g/mol. The zero-order chi connectivity index (χ0) is 25.6. The number of rotatable bonds is 7. The van der Waals surface area contributed by atoms with Crippen molar-refractivity contribution in [1.82, 2.24) is 14.1 Å². The maximum absolute atomic E-state index is 13.8. The second kappa shape index (κ2) is 9.49. The van der Waals surface area contributed by atoms with Crippen molar-refractivity contribution in [3.05, 3.63) is 88.5 Å². The van der Waals surface area contributed by atoms with Gasteiger partial charge < -0.3 is 5.11 Å². The number of benzene rings is 2. The quantitative estimate of drug-likeness (QED) is 0.473. The number of hydrogen-bond acceptors (Lipinski definition) is 4. The van der Waals surface area contributed by atoms with Gasteiger partial charge in [0.2, 0.25) is 10.0 Å². The van der Waals surface area contributed by atoms with Gasteiger partial charge in [0.25, 0.3) is 0 Å². The Morgan fingerprint density at radius 3 is 2.44 bits per heavy atom. The minimum Gasteiger partial charge on any atom is -0.395 e. The Morgan fingerprint density at radius 2 is 1.78 bits per heavy atom. The van der Waals surface area contributed by atoms with Crippen molar-refractivity contribution in [1.29, 1.82) is 0 Å². The van der Waals surface area contributed by atoms with Gasteiger partial charge in [0, 0.05) is 37.1 Å². The second-order valence-corrected chi connectivity index (χ2v) is 11.3. The maximum Gasteiger partial charge on any atom is 0.243 e. The van der Waals surface area contributed by atoms with Gasteiger partial charge in [0.05, 0.1) is 29.1 Å². The summed E-state index contributed by atoms with van der Waals surface area (Å²) >= 11 is 0. The summed E-state index contributed by atoms with van der Waals surface area (Å²) in [6.45, 7) is 1.57. The molecule has 2 aliphatic carbocycles. The number of halogens is 3. The third-order valence-corrected chi connectivity index (χ3v) is 9.02. The molecule has 0 amide bonds. The van der Waals surface area contributed by atoms with E-state index >= 15 is 0 Å². The molecule has 0 fully saturated rings. The number of hydrogen-bond donors (Lipinski definition) is 1. The van der Waals surface area contributed by atoms with Crippen LogP contribution in [-0.4, -0.2) is 47.3 Å². The molecule has 2 aliphatic rings. The fourth-order valence-electron chi connectivity index (χ4n) is 5.57. The minimum atomic E-state index is -4.22. The van der Waals surface area contributed by atoms with Gasteiger partial charge in [0.1, 0.15) is 17.5 Å². The molecule has 3 aromatic rings. The first-order valence-corrected chi connectivity index (χ1v) is 13.2. The van der Waals surface area contributed by atoms with E-state index in [-0.39, 0.29) is 30.7 Å². The van der Waals surface area contributed by atoms with E-state index in [1.807, 2.05) is 4.68 Å². The topological polar surface area (TPSA) is 75.4 Å². The van der Waals surface area contributed by atoms with Crippen molar-refractivity contribution in [2.45, 2.75) is 37.0 Å².